The highest BCUT2D eigenvalue weighted by molar-refractivity contribution is 9.10. The Hall–Kier alpha value is -0.500. The summed E-state index contributed by atoms with van der Waals surface area (Å²) in [4.78, 5) is 0. The molecule has 1 fully saturated rings. The number of rotatable bonds is 3. The van der Waals surface area contributed by atoms with Crippen LogP contribution in [-0.4, -0.2) is 6.04 Å². The van der Waals surface area contributed by atoms with Crippen LogP contribution in [0.1, 0.15) is 25.3 Å². The maximum absolute atomic E-state index is 3.54. The lowest BCUT2D eigenvalue weighted by Crippen LogP contribution is -2.03. The van der Waals surface area contributed by atoms with Crippen LogP contribution in [0.5, 0.6) is 0 Å². The van der Waals surface area contributed by atoms with Crippen LogP contribution >= 0.6 is 15.9 Å². The van der Waals surface area contributed by atoms with Gasteiger partial charge in [0, 0.05) is 16.2 Å². The molecule has 1 saturated carbocycles. The van der Waals surface area contributed by atoms with E-state index in [9.17, 15) is 0 Å². The van der Waals surface area contributed by atoms with Gasteiger partial charge in [-0.25, -0.2) is 0 Å². The monoisotopic (exact) mass is 239 g/mol. The van der Waals surface area contributed by atoms with Crippen molar-refractivity contribution in [3.8, 4) is 0 Å². The third kappa shape index (κ3) is 2.25. The van der Waals surface area contributed by atoms with E-state index in [0.717, 1.165) is 12.5 Å². The summed E-state index contributed by atoms with van der Waals surface area (Å²) >= 11 is 3.49. The minimum atomic E-state index is 0.742. The molecule has 1 aliphatic carbocycles. The van der Waals surface area contributed by atoms with E-state index in [2.05, 4.69) is 46.4 Å². The molecule has 0 saturated heterocycles. The van der Waals surface area contributed by atoms with Crippen LogP contribution in [-0.2, 0) is 6.42 Å². The van der Waals surface area contributed by atoms with Gasteiger partial charge in [0.1, 0.15) is 0 Å². The van der Waals surface area contributed by atoms with Gasteiger partial charge in [-0.2, -0.15) is 0 Å². The van der Waals surface area contributed by atoms with Crippen molar-refractivity contribution in [1.82, 2.24) is 0 Å². The molecule has 1 aliphatic rings. The zero-order chi connectivity index (χ0) is 9.26. The Morgan fingerprint density at radius 3 is 2.85 bits per heavy atom. The molecule has 0 radical (unpaired) electrons. The van der Waals surface area contributed by atoms with E-state index in [-0.39, 0.29) is 0 Å². The number of aryl methyl sites for hydroxylation is 1. The number of nitrogens with one attached hydrogen (secondary N) is 1. The van der Waals surface area contributed by atoms with Crippen LogP contribution in [0, 0.1) is 0 Å². The van der Waals surface area contributed by atoms with Crippen LogP contribution in [0.25, 0.3) is 0 Å². The molecule has 2 rings (SSSR count). The summed E-state index contributed by atoms with van der Waals surface area (Å²) in [6.07, 6.45) is 3.76. The van der Waals surface area contributed by atoms with Crippen LogP contribution < -0.4 is 5.32 Å². The minimum Gasteiger partial charge on any atom is -0.382 e. The van der Waals surface area contributed by atoms with Crippen molar-refractivity contribution < 1.29 is 0 Å². The van der Waals surface area contributed by atoms with Crippen molar-refractivity contribution in [3.63, 3.8) is 0 Å². The molecule has 1 aromatic rings. The molecule has 0 heterocycles. The lowest BCUT2D eigenvalue weighted by Gasteiger charge is -2.10. The second kappa shape index (κ2) is 3.70. The first kappa shape index (κ1) is 9.07. The summed E-state index contributed by atoms with van der Waals surface area (Å²) in [6, 6.07) is 7.21. The lowest BCUT2D eigenvalue weighted by molar-refractivity contribution is 1.09. The van der Waals surface area contributed by atoms with E-state index in [0.29, 0.717) is 0 Å². The topological polar surface area (TPSA) is 12.0 Å². The van der Waals surface area contributed by atoms with Gasteiger partial charge in [0.05, 0.1) is 0 Å². The quantitative estimate of drug-likeness (QED) is 0.851. The summed E-state index contributed by atoms with van der Waals surface area (Å²) in [7, 11) is 0. The largest absolute Gasteiger partial charge is 0.382 e. The SMILES string of the molecule is CCc1cc(Br)ccc1NC1CC1. The normalized spacial score (nSPS) is 15.8. The predicted octanol–water partition coefficient (Wildman–Crippen LogP) is 3.59. The Bertz CT molecular complexity index is 305. The molecule has 1 aromatic carbocycles. The Labute approximate surface area is 87.7 Å². The van der Waals surface area contributed by atoms with Gasteiger partial charge in [0.2, 0.25) is 0 Å². The first-order valence-electron chi connectivity index (χ1n) is 4.84. The summed E-state index contributed by atoms with van der Waals surface area (Å²) in [5.74, 6) is 0. The van der Waals surface area contributed by atoms with Crippen LogP contribution in [0.4, 0.5) is 5.69 Å². The van der Waals surface area contributed by atoms with Gasteiger partial charge in [-0.1, -0.05) is 22.9 Å². The van der Waals surface area contributed by atoms with Crippen molar-refractivity contribution in [2.75, 3.05) is 5.32 Å². The van der Waals surface area contributed by atoms with Crippen molar-refractivity contribution in [1.29, 1.82) is 0 Å². The number of hydrogen-bond donors (Lipinski definition) is 1. The number of benzene rings is 1. The standard InChI is InChI=1S/C11H14BrN/c1-2-8-7-9(12)3-6-11(8)13-10-4-5-10/h3,6-7,10,13H,2,4-5H2,1H3. The Morgan fingerprint density at radius 1 is 1.46 bits per heavy atom. The molecule has 0 aliphatic heterocycles. The molecular weight excluding hydrogens is 226 g/mol. The van der Waals surface area contributed by atoms with Crippen LogP contribution in [0.3, 0.4) is 0 Å². The zero-order valence-corrected chi connectivity index (χ0v) is 9.39. The number of anilines is 1. The van der Waals surface area contributed by atoms with E-state index < -0.39 is 0 Å². The van der Waals surface area contributed by atoms with Gasteiger partial charge in [-0.05, 0) is 43.0 Å². The van der Waals surface area contributed by atoms with Crippen molar-refractivity contribution in [2.45, 2.75) is 32.2 Å². The molecule has 0 bridgehead atoms. The lowest BCUT2D eigenvalue weighted by atomic mass is 10.1. The summed E-state index contributed by atoms with van der Waals surface area (Å²) < 4.78 is 1.17. The molecule has 13 heavy (non-hydrogen) atoms. The average Bonchev–Trinajstić information content (AvgIpc) is 2.92. The fourth-order valence-electron chi connectivity index (χ4n) is 1.44. The molecule has 0 spiro atoms. The van der Waals surface area contributed by atoms with Crippen molar-refractivity contribution in [3.05, 3.63) is 28.2 Å². The predicted molar refractivity (Wildman–Crippen MR) is 60.2 cm³/mol. The van der Waals surface area contributed by atoms with E-state index in [4.69, 9.17) is 0 Å². The Morgan fingerprint density at radius 2 is 2.23 bits per heavy atom. The maximum Gasteiger partial charge on any atom is 0.0375 e. The fraction of sp³-hybridized carbons (Fsp3) is 0.455. The first-order valence-corrected chi connectivity index (χ1v) is 5.64. The molecule has 0 amide bonds. The number of hydrogen-bond acceptors (Lipinski definition) is 1. The molecule has 0 aromatic heterocycles. The second-order valence-electron chi connectivity index (χ2n) is 3.57. The van der Waals surface area contributed by atoms with E-state index in [1.54, 1.807) is 0 Å². The molecule has 0 unspecified atom stereocenters. The van der Waals surface area contributed by atoms with Gasteiger partial charge < -0.3 is 5.32 Å². The molecule has 1 N–H and O–H groups in total. The summed E-state index contributed by atoms with van der Waals surface area (Å²) in [5.41, 5.74) is 2.72. The third-order valence-corrected chi connectivity index (χ3v) is 2.88. The summed E-state index contributed by atoms with van der Waals surface area (Å²) in [6.45, 7) is 2.19. The van der Waals surface area contributed by atoms with Crippen molar-refractivity contribution in [2.24, 2.45) is 0 Å². The third-order valence-electron chi connectivity index (χ3n) is 2.39. The molecule has 0 atom stereocenters. The average molecular weight is 240 g/mol. The van der Waals surface area contributed by atoms with Crippen LogP contribution in [0.2, 0.25) is 0 Å². The van der Waals surface area contributed by atoms with Crippen LogP contribution in [0.15, 0.2) is 22.7 Å². The summed E-state index contributed by atoms with van der Waals surface area (Å²) in [5, 5.41) is 3.54. The molecule has 2 heteroatoms. The van der Waals surface area contributed by atoms with Crippen molar-refractivity contribution >= 4 is 21.6 Å². The minimum absolute atomic E-state index is 0.742. The van der Waals surface area contributed by atoms with E-state index in [1.807, 2.05) is 0 Å². The number of halogens is 1. The maximum atomic E-state index is 3.54. The first-order chi connectivity index (χ1) is 6.29. The highest BCUT2D eigenvalue weighted by Crippen LogP contribution is 2.28. The highest BCUT2D eigenvalue weighted by atomic mass is 79.9. The van der Waals surface area contributed by atoms with Gasteiger partial charge in [0.15, 0.2) is 0 Å². The molecular formula is C11H14BrN. The Balaban J connectivity index is 2.21. The highest BCUT2D eigenvalue weighted by Gasteiger charge is 2.21. The van der Waals surface area contributed by atoms with Gasteiger partial charge in [-0.15, -0.1) is 0 Å². The zero-order valence-electron chi connectivity index (χ0n) is 7.81. The van der Waals surface area contributed by atoms with Gasteiger partial charge >= 0.3 is 0 Å². The van der Waals surface area contributed by atoms with E-state index in [1.165, 1.54) is 28.6 Å². The van der Waals surface area contributed by atoms with E-state index >= 15 is 0 Å². The smallest absolute Gasteiger partial charge is 0.0375 e. The molecule has 1 nitrogen and oxygen atoms in total. The van der Waals surface area contributed by atoms with Gasteiger partial charge in [-0.3, -0.25) is 0 Å². The second-order valence-corrected chi connectivity index (χ2v) is 4.49. The molecule has 70 valence electrons. The Kier molecular flexibility index (Phi) is 2.58. The fourth-order valence-corrected chi connectivity index (χ4v) is 1.85. The van der Waals surface area contributed by atoms with Gasteiger partial charge in [0.25, 0.3) is 0 Å².